The number of amides is 1. The average molecular weight is 455 g/mol. The number of hydrogen-bond acceptors (Lipinski definition) is 7. The molecule has 6 nitrogen and oxygen atoms in total. The van der Waals surface area contributed by atoms with E-state index in [-0.39, 0.29) is 11.7 Å². The van der Waals surface area contributed by atoms with E-state index < -0.39 is 0 Å². The molecule has 0 atom stereocenters. The summed E-state index contributed by atoms with van der Waals surface area (Å²) in [6.45, 7) is 0.901. The van der Waals surface area contributed by atoms with Crippen LogP contribution in [0, 0.1) is 5.82 Å². The SMILES string of the molecule is O=C(NCc1ccco1)c1cccc(CSc2nnc(NCc3ccc(F)cc3)s2)c1. The van der Waals surface area contributed by atoms with Gasteiger partial charge in [-0.15, -0.1) is 10.2 Å². The number of halogens is 1. The molecule has 4 rings (SSSR count). The molecule has 0 bridgehead atoms. The van der Waals surface area contributed by atoms with Crippen LogP contribution in [0.5, 0.6) is 0 Å². The van der Waals surface area contributed by atoms with Crippen LogP contribution >= 0.6 is 23.1 Å². The first-order valence-electron chi connectivity index (χ1n) is 9.50. The number of anilines is 1. The van der Waals surface area contributed by atoms with Gasteiger partial charge in [0.05, 0.1) is 12.8 Å². The lowest BCUT2D eigenvalue weighted by atomic mass is 10.1. The average Bonchev–Trinajstić information content (AvgIpc) is 3.48. The highest BCUT2D eigenvalue weighted by Gasteiger charge is 2.09. The first kappa shape index (κ1) is 21.1. The quantitative estimate of drug-likeness (QED) is 0.342. The maximum atomic E-state index is 13.0. The van der Waals surface area contributed by atoms with Crippen molar-refractivity contribution in [3.8, 4) is 0 Å². The molecule has 9 heteroatoms. The Kier molecular flexibility index (Phi) is 6.96. The number of benzene rings is 2. The molecule has 1 amide bonds. The van der Waals surface area contributed by atoms with Crippen LogP contribution in [0.4, 0.5) is 9.52 Å². The molecule has 2 aromatic carbocycles. The fraction of sp³-hybridized carbons (Fsp3) is 0.136. The standard InChI is InChI=1S/C22H19FN4O2S2/c23-18-8-6-15(7-9-18)12-25-21-26-27-22(31-21)30-14-16-3-1-4-17(11-16)20(28)24-13-19-5-2-10-29-19/h1-11H,12-14H2,(H,24,28)(H,25,26). The maximum absolute atomic E-state index is 13.0. The fourth-order valence-electron chi connectivity index (χ4n) is 2.75. The zero-order valence-electron chi connectivity index (χ0n) is 16.4. The van der Waals surface area contributed by atoms with Gasteiger partial charge in [0, 0.05) is 17.9 Å². The van der Waals surface area contributed by atoms with Gasteiger partial charge in [0.25, 0.3) is 5.91 Å². The van der Waals surface area contributed by atoms with E-state index in [1.54, 1.807) is 42.3 Å². The highest BCUT2D eigenvalue weighted by molar-refractivity contribution is 8.00. The number of hydrogen-bond donors (Lipinski definition) is 2. The summed E-state index contributed by atoms with van der Waals surface area (Å²) in [6, 6.07) is 17.4. The first-order chi connectivity index (χ1) is 15.2. The lowest BCUT2D eigenvalue weighted by molar-refractivity contribution is 0.0948. The second kappa shape index (κ2) is 10.2. The fourth-order valence-corrected chi connectivity index (χ4v) is 4.44. The van der Waals surface area contributed by atoms with E-state index in [0.29, 0.717) is 35.3 Å². The van der Waals surface area contributed by atoms with E-state index in [1.165, 1.54) is 23.5 Å². The highest BCUT2D eigenvalue weighted by Crippen LogP contribution is 2.28. The Bertz CT molecular complexity index is 1130. The number of aromatic nitrogens is 2. The molecule has 0 aliphatic heterocycles. The van der Waals surface area contributed by atoms with Gasteiger partial charge in [-0.3, -0.25) is 4.79 Å². The molecule has 0 aliphatic rings. The summed E-state index contributed by atoms with van der Waals surface area (Å²) in [4.78, 5) is 12.4. The molecule has 31 heavy (non-hydrogen) atoms. The van der Waals surface area contributed by atoms with Crippen LogP contribution in [-0.2, 0) is 18.8 Å². The second-order valence-electron chi connectivity index (χ2n) is 6.60. The van der Waals surface area contributed by atoms with Gasteiger partial charge in [0.2, 0.25) is 5.13 Å². The molecule has 0 fully saturated rings. The van der Waals surface area contributed by atoms with Crippen LogP contribution in [0.25, 0.3) is 0 Å². The lowest BCUT2D eigenvalue weighted by Crippen LogP contribution is -2.22. The highest BCUT2D eigenvalue weighted by atomic mass is 32.2. The Morgan fingerprint density at radius 2 is 1.90 bits per heavy atom. The van der Waals surface area contributed by atoms with E-state index >= 15 is 0 Å². The summed E-state index contributed by atoms with van der Waals surface area (Å²) in [5, 5.41) is 15.1. The normalized spacial score (nSPS) is 10.7. The smallest absolute Gasteiger partial charge is 0.251 e. The third kappa shape index (κ3) is 6.16. The predicted molar refractivity (Wildman–Crippen MR) is 120 cm³/mol. The number of carbonyl (C=O) groups is 1. The van der Waals surface area contributed by atoms with Gasteiger partial charge >= 0.3 is 0 Å². The Balaban J connectivity index is 1.27. The van der Waals surface area contributed by atoms with Crippen molar-refractivity contribution < 1.29 is 13.6 Å². The van der Waals surface area contributed by atoms with Crippen LogP contribution in [0.3, 0.4) is 0 Å². The molecular weight excluding hydrogens is 435 g/mol. The molecule has 2 N–H and O–H groups in total. The van der Waals surface area contributed by atoms with Crippen molar-refractivity contribution in [2.75, 3.05) is 5.32 Å². The molecule has 2 heterocycles. The topological polar surface area (TPSA) is 80.1 Å². The van der Waals surface area contributed by atoms with E-state index in [4.69, 9.17) is 4.42 Å². The summed E-state index contributed by atoms with van der Waals surface area (Å²) < 4.78 is 19.0. The minimum atomic E-state index is -0.252. The van der Waals surface area contributed by atoms with Gasteiger partial charge in [-0.2, -0.15) is 0 Å². The van der Waals surface area contributed by atoms with Crippen molar-refractivity contribution >= 4 is 34.1 Å². The molecule has 0 spiro atoms. The molecule has 2 aromatic heterocycles. The first-order valence-corrected chi connectivity index (χ1v) is 11.3. The van der Waals surface area contributed by atoms with Crippen LogP contribution in [0.1, 0.15) is 27.2 Å². The Hall–Kier alpha value is -3.17. The van der Waals surface area contributed by atoms with Gasteiger partial charge in [-0.1, -0.05) is 47.4 Å². The van der Waals surface area contributed by atoms with Crippen LogP contribution in [-0.4, -0.2) is 16.1 Å². The number of nitrogens with one attached hydrogen (secondary N) is 2. The lowest BCUT2D eigenvalue weighted by Gasteiger charge is -2.05. The van der Waals surface area contributed by atoms with Crippen molar-refractivity contribution in [2.45, 2.75) is 23.2 Å². The molecule has 0 aliphatic carbocycles. The second-order valence-corrected chi connectivity index (χ2v) is 8.80. The third-order valence-electron chi connectivity index (χ3n) is 4.32. The van der Waals surface area contributed by atoms with Crippen molar-refractivity contribution in [1.82, 2.24) is 15.5 Å². The molecular formula is C22H19FN4O2S2. The van der Waals surface area contributed by atoms with Crippen LogP contribution in [0.15, 0.2) is 75.7 Å². The zero-order valence-corrected chi connectivity index (χ0v) is 18.0. The maximum Gasteiger partial charge on any atom is 0.251 e. The molecule has 0 radical (unpaired) electrons. The third-order valence-corrected chi connectivity index (χ3v) is 6.40. The van der Waals surface area contributed by atoms with Crippen LogP contribution < -0.4 is 10.6 Å². The van der Waals surface area contributed by atoms with E-state index in [9.17, 15) is 9.18 Å². The van der Waals surface area contributed by atoms with Crippen molar-refractivity contribution in [2.24, 2.45) is 0 Å². The van der Waals surface area contributed by atoms with Gasteiger partial charge in [0.15, 0.2) is 4.34 Å². The molecule has 0 unspecified atom stereocenters. The monoisotopic (exact) mass is 454 g/mol. The summed E-state index contributed by atoms with van der Waals surface area (Å²) in [6.07, 6.45) is 1.58. The number of rotatable bonds is 9. The molecule has 0 saturated carbocycles. The van der Waals surface area contributed by atoms with Crippen molar-refractivity contribution in [1.29, 1.82) is 0 Å². The molecule has 4 aromatic rings. The van der Waals surface area contributed by atoms with Crippen LogP contribution in [0.2, 0.25) is 0 Å². The van der Waals surface area contributed by atoms with E-state index in [2.05, 4.69) is 20.8 Å². The Morgan fingerprint density at radius 3 is 2.71 bits per heavy atom. The largest absolute Gasteiger partial charge is 0.467 e. The summed E-state index contributed by atoms with van der Waals surface area (Å²) in [7, 11) is 0. The molecule has 0 saturated heterocycles. The van der Waals surface area contributed by atoms with E-state index in [0.717, 1.165) is 15.5 Å². The van der Waals surface area contributed by atoms with Gasteiger partial charge in [0.1, 0.15) is 11.6 Å². The minimum absolute atomic E-state index is 0.147. The predicted octanol–water partition coefficient (Wildman–Crippen LogP) is 5.10. The van der Waals surface area contributed by atoms with Gasteiger partial charge in [-0.25, -0.2) is 4.39 Å². The van der Waals surface area contributed by atoms with Crippen molar-refractivity contribution in [3.63, 3.8) is 0 Å². The summed E-state index contributed by atoms with van der Waals surface area (Å²) >= 11 is 3.02. The number of carbonyl (C=O) groups excluding carboxylic acids is 1. The minimum Gasteiger partial charge on any atom is -0.467 e. The van der Waals surface area contributed by atoms with E-state index in [1.807, 2.05) is 24.3 Å². The van der Waals surface area contributed by atoms with Crippen molar-refractivity contribution in [3.05, 3.63) is 95.2 Å². The Labute approximate surface area is 186 Å². The Morgan fingerprint density at radius 1 is 1.03 bits per heavy atom. The number of nitrogens with zero attached hydrogens (tertiary/aromatic N) is 2. The summed E-state index contributed by atoms with van der Waals surface area (Å²) in [5.74, 6) is 0.982. The van der Waals surface area contributed by atoms with Gasteiger partial charge in [-0.05, 0) is 47.5 Å². The number of furan rings is 1. The summed E-state index contributed by atoms with van der Waals surface area (Å²) in [5.41, 5.74) is 2.59. The number of thioether (sulfide) groups is 1. The van der Waals surface area contributed by atoms with Gasteiger partial charge < -0.3 is 15.1 Å². The zero-order chi connectivity index (χ0) is 21.5. The molecule has 158 valence electrons.